The molecule has 2 rings (SSSR count). The molecule has 9 heteroatoms. The number of amides is 3. The molecule has 0 aliphatic carbocycles. The lowest BCUT2D eigenvalue weighted by atomic mass is 9.96. The zero-order valence-electron chi connectivity index (χ0n) is 10.2. The van der Waals surface area contributed by atoms with E-state index in [4.69, 9.17) is 5.73 Å². The Bertz CT molecular complexity index is 477. The molecular formula is C10H14N6O3. The number of hydrogen-bond donors (Lipinski definition) is 2. The Hall–Kier alpha value is -2.45. The van der Waals surface area contributed by atoms with Gasteiger partial charge in [0.1, 0.15) is 12.7 Å². The van der Waals surface area contributed by atoms with Crippen LogP contribution >= 0.6 is 0 Å². The molecule has 2 heterocycles. The third-order valence-electron chi connectivity index (χ3n) is 3.03. The molecule has 1 aromatic rings. The SMILES string of the molecule is NC(=O)C1CCN(C(=O)C(=O)Nn2cnnc2)CC1. The van der Waals surface area contributed by atoms with Crippen molar-refractivity contribution in [2.75, 3.05) is 18.5 Å². The summed E-state index contributed by atoms with van der Waals surface area (Å²) < 4.78 is 1.19. The number of rotatable bonds is 2. The first-order valence-electron chi connectivity index (χ1n) is 5.82. The van der Waals surface area contributed by atoms with Gasteiger partial charge >= 0.3 is 11.8 Å². The highest BCUT2D eigenvalue weighted by molar-refractivity contribution is 6.38. The number of nitrogens with one attached hydrogen (secondary N) is 1. The molecule has 3 amide bonds. The van der Waals surface area contributed by atoms with Crippen LogP contribution in [-0.2, 0) is 14.4 Å². The van der Waals surface area contributed by atoms with Gasteiger partial charge in [-0.2, -0.15) is 0 Å². The number of primary amides is 1. The molecule has 19 heavy (non-hydrogen) atoms. The summed E-state index contributed by atoms with van der Waals surface area (Å²) in [5.74, 6) is -1.99. The van der Waals surface area contributed by atoms with Crippen molar-refractivity contribution in [3.63, 3.8) is 0 Å². The lowest BCUT2D eigenvalue weighted by Crippen LogP contribution is -2.47. The first kappa shape index (κ1) is 13.0. The first-order chi connectivity index (χ1) is 9.08. The molecule has 9 nitrogen and oxygen atoms in total. The van der Waals surface area contributed by atoms with Crippen LogP contribution in [0, 0.1) is 5.92 Å². The molecule has 0 spiro atoms. The maximum absolute atomic E-state index is 11.8. The number of carbonyl (C=O) groups excluding carboxylic acids is 3. The summed E-state index contributed by atoms with van der Waals surface area (Å²) in [5.41, 5.74) is 7.52. The number of piperidine rings is 1. The van der Waals surface area contributed by atoms with Gasteiger partial charge in [-0.25, -0.2) is 4.68 Å². The topological polar surface area (TPSA) is 123 Å². The second-order valence-electron chi connectivity index (χ2n) is 4.28. The average Bonchev–Trinajstić information content (AvgIpc) is 2.90. The summed E-state index contributed by atoms with van der Waals surface area (Å²) in [5, 5.41) is 7.00. The molecule has 0 unspecified atom stereocenters. The summed E-state index contributed by atoms with van der Waals surface area (Å²) in [6, 6.07) is 0. The molecule has 0 bridgehead atoms. The van der Waals surface area contributed by atoms with E-state index in [-0.39, 0.29) is 11.8 Å². The minimum Gasteiger partial charge on any atom is -0.369 e. The van der Waals surface area contributed by atoms with E-state index in [0.29, 0.717) is 25.9 Å². The molecule has 0 aromatic carbocycles. The largest absolute Gasteiger partial charge is 0.369 e. The molecule has 102 valence electrons. The maximum Gasteiger partial charge on any atom is 0.328 e. The van der Waals surface area contributed by atoms with Crippen LogP contribution in [0.15, 0.2) is 12.7 Å². The second-order valence-corrected chi connectivity index (χ2v) is 4.28. The van der Waals surface area contributed by atoms with Crippen LogP contribution in [0.25, 0.3) is 0 Å². The van der Waals surface area contributed by atoms with E-state index in [1.165, 1.54) is 22.2 Å². The smallest absolute Gasteiger partial charge is 0.328 e. The zero-order chi connectivity index (χ0) is 13.8. The third-order valence-corrected chi connectivity index (χ3v) is 3.03. The number of carbonyl (C=O) groups is 3. The van der Waals surface area contributed by atoms with Crippen LogP contribution in [0.2, 0.25) is 0 Å². The van der Waals surface area contributed by atoms with Crippen molar-refractivity contribution in [2.24, 2.45) is 11.7 Å². The molecule has 1 aliphatic heterocycles. The van der Waals surface area contributed by atoms with Crippen molar-refractivity contribution < 1.29 is 14.4 Å². The maximum atomic E-state index is 11.8. The van der Waals surface area contributed by atoms with Crippen molar-refractivity contribution in [1.29, 1.82) is 0 Å². The Balaban J connectivity index is 1.87. The second kappa shape index (κ2) is 5.46. The van der Waals surface area contributed by atoms with E-state index in [1.807, 2.05) is 0 Å². The highest BCUT2D eigenvalue weighted by Crippen LogP contribution is 2.16. The van der Waals surface area contributed by atoms with E-state index < -0.39 is 11.8 Å². The van der Waals surface area contributed by atoms with Gasteiger partial charge in [-0.3, -0.25) is 19.8 Å². The molecule has 0 atom stereocenters. The number of nitrogens with two attached hydrogens (primary N) is 1. The minimum atomic E-state index is -0.766. The predicted molar refractivity (Wildman–Crippen MR) is 62.9 cm³/mol. The van der Waals surface area contributed by atoms with Gasteiger partial charge in [0.05, 0.1) is 0 Å². The molecule has 1 aliphatic rings. The van der Waals surface area contributed by atoms with Crippen molar-refractivity contribution in [1.82, 2.24) is 19.8 Å². The quantitative estimate of drug-likeness (QED) is 0.603. The number of likely N-dealkylation sites (tertiary alicyclic amines) is 1. The number of aromatic nitrogens is 3. The fraction of sp³-hybridized carbons (Fsp3) is 0.500. The summed E-state index contributed by atoms with van der Waals surface area (Å²) in [6.07, 6.45) is 3.51. The van der Waals surface area contributed by atoms with Crippen LogP contribution in [0.3, 0.4) is 0 Å². The Morgan fingerprint density at radius 2 is 1.74 bits per heavy atom. The third kappa shape index (κ3) is 3.06. The lowest BCUT2D eigenvalue weighted by molar-refractivity contribution is -0.145. The fourth-order valence-electron chi connectivity index (χ4n) is 1.93. The first-order valence-corrected chi connectivity index (χ1v) is 5.82. The van der Waals surface area contributed by atoms with Gasteiger partial charge in [0.15, 0.2) is 0 Å². The predicted octanol–water partition coefficient (Wildman–Crippen LogP) is -1.93. The van der Waals surface area contributed by atoms with Crippen molar-refractivity contribution in [3.05, 3.63) is 12.7 Å². The molecular weight excluding hydrogens is 252 g/mol. The molecule has 3 N–H and O–H groups in total. The van der Waals surface area contributed by atoms with Gasteiger partial charge in [0, 0.05) is 19.0 Å². The monoisotopic (exact) mass is 266 g/mol. The van der Waals surface area contributed by atoms with Gasteiger partial charge < -0.3 is 10.6 Å². The average molecular weight is 266 g/mol. The molecule has 0 saturated carbocycles. The summed E-state index contributed by atoms with van der Waals surface area (Å²) in [4.78, 5) is 35.9. The number of nitrogens with zero attached hydrogens (tertiary/aromatic N) is 4. The summed E-state index contributed by atoms with van der Waals surface area (Å²) >= 11 is 0. The van der Waals surface area contributed by atoms with Crippen LogP contribution < -0.4 is 11.2 Å². The van der Waals surface area contributed by atoms with Crippen LogP contribution in [0.5, 0.6) is 0 Å². The van der Waals surface area contributed by atoms with Gasteiger partial charge in [-0.05, 0) is 12.8 Å². The zero-order valence-corrected chi connectivity index (χ0v) is 10.2. The van der Waals surface area contributed by atoms with Gasteiger partial charge in [-0.1, -0.05) is 0 Å². The molecule has 1 saturated heterocycles. The van der Waals surface area contributed by atoms with E-state index in [0.717, 1.165) is 0 Å². The molecule has 1 aromatic heterocycles. The highest BCUT2D eigenvalue weighted by atomic mass is 16.2. The fourth-order valence-corrected chi connectivity index (χ4v) is 1.93. The van der Waals surface area contributed by atoms with E-state index in [9.17, 15) is 14.4 Å². The Morgan fingerprint density at radius 3 is 2.26 bits per heavy atom. The van der Waals surface area contributed by atoms with Crippen LogP contribution in [0.4, 0.5) is 0 Å². The van der Waals surface area contributed by atoms with Gasteiger partial charge in [0.2, 0.25) is 5.91 Å². The van der Waals surface area contributed by atoms with Crippen molar-refractivity contribution >= 4 is 17.7 Å². The Morgan fingerprint density at radius 1 is 1.16 bits per heavy atom. The minimum absolute atomic E-state index is 0.218. The van der Waals surface area contributed by atoms with E-state index in [2.05, 4.69) is 15.6 Å². The van der Waals surface area contributed by atoms with Crippen LogP contribution in [0.1, 0.15) is 12.8 Å². The van der Waals surface area contributed by atoms with Gasteiger partial charge in [-0.15, -0.1) is 10.2 Å². The Labute approximate surface area is 108 Å². The molecule has 1 fully saturated rings. The van der Waals surface area contributed by atoms with Crippen molar-refractivity contribution in [2.45, 2.75) is 12.8 Å². The molecule has 0 radical (unpaired) electrons. The van der Waals surface area contributed by atoms with E-state index >= 15 is 0 Å². The normalized spacial score (nSPS) is 16.1. The van der Waals surface area contributed by atoms with E-state index in [1.54, 1.807) is 0 Å². The summed E-state index contributed by atoms with van der Waals surface area (Å²) in [6.45, 7) is 0.698. The summed E-state index contributed by atoms with van der Waals surface area (Å²) in [7, 11) is 0. The standard InChI is InChI=1S/C10H14N6O3/c11-8(17)7-1-3-15(4-2-7)10(19)9(18)14-16-5-12-13-6-16/h5-7H,1-4H2,(H2,11,17)(H,14,18). The Kier molecular flexibility index (Phi) is 3.74. The van der Waals surface area contributed by atoms with Crippen molar-refractivity contribution in [3.8, 4) is 0 Å². The number of hydrogen-bond acceptors (Lipinski definition) is 5. The lowest BCUT2D eigenvalue weighted by Gasteiger charge is -2.29. The van der Waals surface area contributed by atoms with Crippen LogP contribution in [-0.4, -0.2) is 50.6 Å². The van der Waals surface area contributed by atoms with Gasteiger partial charge in [0.25, 0.3) is 0 Å². The highest BCUT2D eigenvalue weighted by Gasteiger charge is 2.29.